The lowest BCUT2D eigenvalue weighted by Gasteiger charge is -2.38. The van der Waals surface area contributed by atoms with Crippen LogP contribution in [0.3, 0.4) is 0 Å². The summed E-state index contributed by atoms with van der Waals surface area (Å²) in [6, 6.07) is 7.23. The fraction of sp³-hybridized carbons (Fsp3) is 0.667. The molecule has 0 heterocycles. The molecule has 20 heavy (non-hydrogen) atoms. The van der Waals surface area contributed by atoms with Gasteiger partial charge in [0.1, 0.15) is 0 Å². The minimum absolute atomic E-state index is 0.410. The van der Waals surface area contributed by atoms with Gasteiger partial charge in [0.2, 0.25) is 0 Å². The van der Waals surface area contributed by atoms with E-state index in [9.17, 15) is 0 Å². The van der Waals surface area contributed by atoms with Crippen molar-refractivity contribution in [1.29, 1.82) is 0 Å². The zero-order valence-electron chi connectivity index (χ0n) is 13.5. The first kappa shape index (κ1) is 15.5. The molecule has 1 saturated carbocycles. The van der Waals surface area contributed by atoms with Crippen molar-refractivity contribution < 1.29 is 0 Å². The van der Waals surface area contributed by atoms with Crippen molar-refractivity contribution in [2.24, 2.45) is 17.2 Å². The van der Waals surface area contributed by atoms with Crippen LogP contribution in [-0.4, -0.2) is 6.04 Å². The Kier molecular flexibility index (Phi) is 4.87. The quantitative estimate of drug-likeness (QED) is 0.645. The van der Waals surface area contributed by atoms with Crippen molar-refractivity contribution in [3.05, 3.63) is 34.9 Å². The number of rotatable bonds is 4. The van der Waals surface area contributed by atoms with Gasteiger partial charge in [0.15, 0.2) is 0 Å². The number of hydrazine groups is 1. The van der Waals surface area contributed by atoms with Gasteiger partial charge in [-0.15, -0.1) is 0 Å². The maximum atomic E-state index is 5.85. The van der Waals surface area contributed by atoms with E-state index >= 15 is 0 Å². The van der Waals surface area contributed by atoms with Gasteiger partial charge in [0.25, 0.3) is 0 Å². The summed E-state index contributed by atoms with van der Waals surface area (Å²) in [7, 11) is 0. The highest BCUT2D eigenvalue weighted by Crippen LogP contribution is 2.39. The van der Waals surface area contributed by atoms with Gasteiger partial charge in [-0.2, -0.15) is 0 Å². The van der Waals surface area contributed by atoms with Gasteiger partial charge in [0.05, 0.1) is 0 Å². The molecule has 2 rings (SSSR count). The number of aryl methyl sites for hydroxylation is 2. The largest absolute Gasteiger partial charge is 0.271 e. The molecular weight excluding hydrogens is 244 g/mol. The molecule has 0 aromatic heterocycles. The standard InChI is InChI=1S/C18H30N2/c1-13-9-14(2)11-15(10-13)12-17(20-19)16-5-7-18(3,4)8-6-16/h9-11,16-17,20H,5-8,12,19H2,1-4H3. The molecule has 1 aliphatic rings. The van der Waals surface area contributed by atoms with Crippen LogP contribution >= 0.6 is 0 Å². The Labute approximate surface area is 124 Å². The second-order valence-corrected chi connectivity index (χ2v) is 7.47. The molecule has 1 aromatic carbocycles. The molecule has 2 nitrogen and oxygen atoms in total. The van der Waals surface area contributed by atoms with Gasteiger partial charge < -0.3 is 0 Å². The second-order valence-electron chi connectivity index (χ2n) is 7.47. The highest BCUT2D eigenvalue weighted by molar-refractivity contribution is 5.29. The van der Waals surface area contributed by atoms with E-state index in [1.165, 1.54) is 42.4 Å². The summed E-state index contributed by atoms with van der Waals surface area (Å²) < 4.78 is 0. The van der Waals surface area contributed by atoms with E-state index < -0.39 is 0 Å². The maximum absolute atomic E-state index is 5.85. The van der Waals surface area contributed by atoms with Crippen molar-refractivity contribution >= 4 is 0 Å². The number of hydrogen-bond donors (Lipinski definition) is 2. The van der Waals surface area contributed by atoms with E-state index in [1.54, 1.807) is 0 Å². The van der Waals surface area contributed by atoms with Gasteiger partial charge in [-0.1, -0.05) is 43.2 Å². The van der Waals surface area contributed by atoms with Crippen molar-refractivity contribution in [3.63, 3.8) is 0 Å². The number of nitrogens with one attached hydrogen (secondary N) is 1. The lowest BCUT2D eigenvalue weighted by atomic mass is 9.70. The fourth-order valence-corrected chi connectivity index (χ4v) is 3.63. The highest BCUT2D eigenvalue weighted by Gasteiger charge is 2.30. The summed E-state index contributed by atoms with van der Waals surface area (Å²) in [6.07, 6.45) is 6.29. The summed E-state index contributed by atoms with van der Waals surface area (Å²) in [5.41, 5.74) is 7.72. The Bertz CT molecular complexity index is 420. The lowest BCUT2D eigenvalue weighted by Crippen LogP contribution is -2.44. The fourth-order valence-electron chi connectivity index (χ4n) is 3.63. The lowest BCUT2D eigenvalue weighted by molar-refractivity contribution is 0.161. The van der Waals surface area contributed by atoms with Gasteiger partial charge in [0, 0.05) is 6.04 Å². The van der Waals surface area contributed by atoms with E-state index in [0.29, 0.717) is 17.4 Å². The molecule has 2 heteroatoms. The molecule has 1 fully saturated rings. The van der Waals surface area contributed by atoms with Crippen molar-refractivity contribution in [1.82, 2.24) is 5.43 Å². The van der Waals surface area contributed by atoms with Crippen LogP contribution in [0.25, 0.3) is 0 Å². The second kappa shape index (κ2) is 6.28. The van der Waals surface area contributed by atoms with Crippen LogP contribution in [0.4, 0.5) is 0 Å². The van der Waals surface area contributed by atoms with Crippen LogP contribution in [0.15, 0.2) is 18.2 Å². The minimum Gasteiger partial charge on any atom is -0.271 e. The molecular formula is C18H30N2. The highest BCUT2D eigenvalue weighted by atomic mass is 15.2. The molecule has 0 saturated heterocycles. The Morgan fingerprint density at radius 3 is 2.20 bits per heavy atom. The SMILES string of the molecule is Cc1cc(C)cc(CC(NN)C2CCC(C)(C)CC2)c1. The molecule has 0 aliphatic heterocycles. The maximum Gasteiger partial charge on any atom is 0.0279 e. The van der Waals surface area contributed by atoms with Gasteiger partial charge in [-0.05, 0) is 62.8 Å². The molecule has 1 atom stereocenters. The summed E-state index contributed by atoms with van der Waals surface area (Å²) in [5.74, 6) is 6.56. The molecule has 1 aromatic rings. The molecule has 1 unspecified atom stereocenters. The summed E-state index contributed by atoms with van der Waals surface area (Å²) in [5, 5.41) is 0. The smallest absolute Gasteiger partial charge is 0.0279 e. The first-order valence-corrected chi connectivity index (χ1v) is 7.93. The molecule has 0 spiro atoms. The van der Waals surface area contributed by atoms with Gasteiger partial charge in [-0.25, -0.2) is 0 Å². The number of benzene rings is 1. The van der Waals surface area contributed by atoms with Crippen LogP contribution < -0.4 is 11.3 Å². The Balaban J connectivity index is 2.02. The van der Waals surface area contributed by atoms with Gasteiger partial charge in [-0.3, -0.25) is 11.3 Å². The summed E-state index contributed by atoms with van der Waals surface area (Å²) in [6.45, 7) is 9.12. The topological polar surface area (TPSA) is 38.0 Å². The van der Waals surface area contributed by atoms with Crippen LogP contribution in [0, 0.1) is 25.2 Å². The number of hydrogen-bond acceptors (Lipinski definition) is 2. The predicted octanol–water partition coefficient (Wildman–Crippen LogP) is 3.89. The zero-order chi connectivity index (χ0) is 14.8. The van der Waals surface area contributed by atoms with Crippen molar-refractivity contribution in [3.8, 4) is 0 Å². The molecule has 112 valence electrons. The molecule has 0 bridgehead atoms. The van der Waals surface area contributed by atoms with E-state index in [1.807, 2.05) is 0 Å². The average Bonchev–Trinajstić information content (AvgIpc) is 2.35. The normalized spacial score (nSPS) is 20.9. The van der Waals surface area contributed by atoms with E-state index in [-0.39, 0.29) is 0 Å². The molecule has 1 aliphatic carbocycles. The first-order valence-electron chi connectivity index (χ1n) is 7.93. The third-order valence-electron chi connectivity index (χ3n) is 4.90. The molecule has 0 radical (unpaired) electrons. The van der Waals surface area contributed by atoms with E-state index in [2.05, 4.69) is 51.3 Å². The Hall–Kier alpha value is -0.860. The van der Waals surface area contributed by atoms with Crippen LogP contribution in [-0.2, 0) is 6.42 Å². The van der Waals surface area contributed by atoms with E-state index in [0.717, 1.165) is 6.42 Å². The molecule has 0 amide bonds. The van der Waals surface area contributed by atoms with Crippen LogP contribution in [0.1, 0.15) is 56.2 Å². The predicted molar refractivity (Wildman–Crippen MR) is 86.5 cm³/mol. The molecule has 3 N–H and O–H groups in total. The Morgan fingerprint density at radius 1 is 1.15 bits per heavy atom. The summed E-state index contributed by atoms with van der Waals surface area (Å²) in [4.78, 5) is 0. The average molecular weight is 274 g/mol. The monoisotopic (exact) mass is 274 g/mol. The third kappa shape index (κ3) is 4.07. The minimum atomic E-state index is 0.410. The zero-order valence-corrected chi connectivity index (χ0v) is 13.5. The third-order valence-corrected chi connectivity index (χ3v) is 4.90. The van der Waals surface area contributed by atoms with Crippen molar-refractivity contribution in [2.45, 2.75) is 65.8 Å². The number of nitrogens with two attached hydrogens (primary N) is 1. The van der Waals surface area contributed by atoms with E-state index in [4.69, 9.17) is 5.84 Å². The van der Waals surface area contributed by atoms with Gasteiger partial charge >= 0.3 is 0 Å². The Morgan fingerprint density at radius 2 is 1.70 bits per heavy atom. The summed E-state index contributed by atoms with van der Waals surface area (Å²) >= 11 is 0. The van der Waals surface area contributed by atoms with Crippen LogP contribution in [0.5, 0.6) is 0 Å². The first-order chi connectivity index (χ1) is 9.39. The van der Waals surface area contributed by atoms with Crippen LogP contribution in [0.2, 0.25) is 0 Å². The van der Waals surface area contributed by atoms with Crippen molar-refractivity contribution in [2.75, 3.05) is 0 Å².